The van der Waals surface area contributed by atoms with E-state index in [9.17, 15) is 9.59 Å². The number of aromatic nitrogens is 1. The molecule has 0 aliphatic carbocycles. The molecule has 162 valence electrons. The molecular formula is C24H21N3O3S2. The van der Waals surface area contributed by atoms with Crippen molar-refractivity contribution in [1.29, 1.82) is 0 Å². The van der Waals surface area contributed by atoms with Crippen LogP contribution in [0.3, 0.4) is 0 Å². The Morgan fingerprint density at radius 1 is 1.03 bits per heavy atom. The number of anilines is 2. The highest BCUT2D eigenvalue weighted by Gasteiger charge is 2.13. The van der Waals surface area contributed by atoms with Crippen molar-refractivity contribution in [3.63, 3.8) is 0 Å². The quantitative estimate of drug-likeness (QED) is 0.328. The molecule has 0 fully saturated rings. The van der Waals surface area contributed by atoms with Crippen molar-refractivity contribution in [3.8, 4) is 11.3 Å². The number of thioether (sulfide) groups is 1. The van der Waals surface area contributed by atoms with Gasteiger partial charge >= 0.3 is 0 Å². The average molecular weight is 464 g/mol. The standard InChI is InChI=1S/C24H21N3O3S2/c1-15-8-10-17(11-9-15)22-16(2)32-24(27-22)26-21(28)14-31-19-6-3-5-18(13-19)25-23(29)20-7-4-12-30-20/h3-13H,14H2,1-2H3,(H,25,29)(H,26,27,28). The molecule has 0 saturated heterocycles. The Kier molecular flexibility index (Phi) is 6.72. The van der Waals surface area contributed by atoms with Gasteiger partial charge in [-0.15, -0.1) is 23.1 Å². The first-order valence-corrected chi connectivity index (χ1v) is 11.7. The fraction of sp³-hybridized carbons (Fsp3) is 0.125. The number of carbonyl (C=O) groups excluding carboxylic acids is 2. The summed E-state index contributed by atoms with van der Waals surface area (Å²) in [6, 6.07) is 18.8. The first-order chi connectivity index (χ1) is 15.5. The molecule has 32 heavy (non-hydrogen) atoms. The third-order valence-electron chi connectivity index (χ3n) is 4.57. The van der Waals surface area contributed by atoms with E-state index in [-0.39, 0.29) is 23.3 Å². The summed E-state index contributed by atoms with van der Waals surface area (Å²) in [5.74, 6) is 0.0162. The maximum absolute atomic E-state index is 12.5. The number of thiazole rings is 1. The van der Waals surface area contributed by atoms with Crippen LogP contribution in [0.2, 0.25) is 0 Å². The van der Waals surface area contributed by atoms with Crippen LogP contribution in [0.15, 0.2) is 76.2 Å². The van der Waals surface area contributed by atoms with Crippen LogP contribution in [0.25, 0.3) is 11.3 Å². The topological polar surface area (TPSA) is 84.2 Å². The summed E-state index contributed by atoms with van der Waals surface area (Å²) in [7, 11) is 0. The van der Waals surface area contributed by atoms with Crippen molar-refractivity contribution in [1.82, 2.24) is 4.98 Å². The van der Waals surface area contributed by atoms with Gasteiger partial charge in [0.2, 0.25) is 5.91 Å². The molecule has 0 saturated carbocycles. The molecule has 0 aliphatic rings. The van der Waals surface area contributed by atoms with Crippen molar-refractivity contribution in [2.75, 3.05) is 16.4 Å². The highest BCUT2D eigenvalue weighted by atomic mass is 32.2. The molecule has 0 spiro atoms. The minimum atomic E-state index is -0.321. The lowest BCUT2D eigenvalue weighted by Gasteiger charge is -2.06. The minimum Gasteiger partial charge on any atom is -0.459 e. The van der Waals surface area contributed by atoms with E-state index in [1.54, 1.807) is 18.2 Å². The fourth-order valence-electron chi connectivity index (χ4n) is 3.00. The third kappa shape index (κ3) is 5.46. The van der Waals surface area contributed by atoms with Gasteiger partial charge in [-0.3, -0.25) is 9.59 Å². The molecule has 4 aromatic rings. The highest BCUT2D eigenvalue weighted by Crippen LogP contribution is 2.31. The first-order valence-electron chi connectivity index (χ1n) is 9.90. The van der Waals surface area contributed by atoms with Crippen molar-refractivity contribution in [2.24, 2.45) is 0 Å². The summed E-state index contributed by atoms with van der Waals surface area (Å²) < 4.78 is 5.10. The summed E-state index contributed by atoms with van der Waals surface area (Å²) in [6.45, 7) is 4.05. The second-order valence-corrected chi connectivity index (χ2v) is 9.34. The molecule has 8 heteroatoms. The van der Waals surface area contributed by atoms with Gasteiger partial charge in [0, 0.05) is 21.0 Å². The van der Waals surface area contributed by atoms with Crippen LogP contribution in [-0.4, -0.2) is 22.6 Å². The Balaban J connectivity index is 1.34. The molecule has 2 heterocycles. The van der Waals surface area contributed by atoms with Gasteiger partial charge in [0.05, 0.1) is 17.7 Å². The Hall–Kier alpha value is -3.36. The van der Waals surface area contributed by atoms with Crippen LogP contribution in [0.5, 0.6) is 0 Å². The van der Waals surface area contributed by atoms with E-state index in [0.29, 0.717) is 10.8 Å². The predicted molar refractivity (Wildman–Crippen MR) is 129 cm³/mol. The number of hydrogen-bond acceptors (Lipinski definition) is 6. The minimum absolute atomic E-state index is 0.135. The molecule has 2 aromatic heterocycles. The lowest BCUT2D eigenvalue weighted by Crippen LogP contribution is -2.14. The summed E-state index contributed by atoms with van der Waals surface area (Å²) in [6.07, 6.45) is 1.45. The molecule has 0 atom stereocenters. The maximum Gasteiger partial charge on any atom is 0.291 e. The lowest BCUT2D eigenvalue weighted by atomic mass is 10.1. The Morgan fingerprint density at radius 3 is 2.59 bits per heavy atom. The van der Waals surface area contributed by atoms with Crippen molar-refractivity contribution < 1.29 is 14.0 Å². The van der Waals surface area contributed by atoms with Gasteiger partial charge < -0.3 is 15.1 Å². The van der Waals surface area contributed by atoms with Crippen molar-refractivity contribution in [2.45, 2.75) is 18.7 Å². The number of rotatable bonds is 7. The van der Waals surface area contributed by atoms with E-state index in [0.717, 1.165) is 21.0 Å². The number of hydrogen-bond donors (Lipinski definition) is 2. The number of furan rings is 1. The van der Waals surface area contributed by atoms with Crippen LogP contribution in [0.1, 0.15) is 21.0 Å². The van der Waals surface area contributed by atoms with Gasteiger partial charge in [-0.25, -0.2) is 4.98 Å². The summed E-state index contributed by atoms with van der Waals surface area (Å²) in [4.78, 5) is 31.1. The van der Waals surface area contributed by atoms with Gasteiger partial charge in [0.1, 0.15) is 0 Å². The molecule has 2 N–H and O–H groups in total. The fourth-order valence-corrected chi connectivity index (χ4v) is 4.60. The first kappa shape index (κ1) is 21.9. The smallest absolute Gasteiger partial charge is 0.291 e. The van der Waals surface area contributed by atoms with E-state index in [1.165, 1.54) is 34.9 Å². The molecule has 6 nitrogen and oxygen atoms in total. The molecule has 0 unspecified atom stereocenters. The Bertz CT molecular complexity index is 1230. The number of amides is 2. The van der Waals surface area contributed by atoms with Crippen LogP contribution < -0.4 is 10.6 Å². The van der Waals surface area contributed by atoms with Gasteiger partial charge in [-0.1, -0.05) is 35.9 Å². The zero-order valence-electron chi connectivity index (χ0n) is 17.5. The molecule has 0 bridgehead atoms. The van der Waals surface area contributed by atoms with Crippen LogP contribution in [-0.2, 0) is 4.79 Å². The van der Waals surface area contributed by atoms with Crippen LogP contribution in [0, 0.1) is 13.8 Å². The molecule has 2 amide bonds. The number of nitrogens with one attached hydrogen (secondary N) is 2. The zero-order chi connectivity index (χ0) is 22.5. The summed E-state index contributed by atoms with van der Waals surface area (Å²) in [5, 5.41) is 6.26. The summed E-state index contributed by atoms with van der Waals surface area (Å²) >= 11 is 2.85. The number of carbonyl (C=O) groups is 2. The molecule has 0 aliphatic heterocycles. The normalized spacial score (nSPS) is 10.7. The van der Waals surface area contributed by atoms with Gasteiger partial charge in [-0.05, 0) is 44.2 Å². The number of nitrogens with zero attached hydrogens (tertiary/aromatic N) is 1. The van der Waals surface area contributed by atoms with E-state index in [4.69, 9.17) is 4.42 Å². The molecule has 0 radical (unpaired) electrons. The predicted octanol–water partition coefficient (Wildman–Crippen LogP) is 6.00. The second-order valence-electron chi connectivity index (χ2n) is 7.09. The van der Waals surface area contributed by atoms with E-state index >= 15 is 0 Å². The monoisotopic (exact) mass is 463 g/mol. The van der Waals surface area contributed by atoms with Crippen molar-refractivity contribution in [3.05, 3.63) is 83.1 Å². The van der Waals surface area contributed by atoms with E-state index in [2.05, 4.69) is 15.6 Å². The average Bonchev–Trinajstić information content (AvgIpc) is 3.43. The molecular weight excluding hydrogens is 442 g/mol. The van der Waals surface area contributed by atoms with Crippen molar-refractivity contribution >= 4 is 45.7 Å². The zero-order valence-corrected chi connectivity index (χ0v) is 19.2. The number of benzene rings is 2. The van der Waals surface area contributed by atoms with Gasteiger partial charge in [-0.2, -0.15) is 0 Å². The highest BCUT2D eigenvalue weighted by molar-refractivity contribution is 8.00. The van der Waals surface area contributed by atoms with E-state index < -0.39 is 0 Å². The molecule has 2 aromatic carbocycles. The summed E-state index contributed by atoms with van der Waals surface area (Å²) in [5.41, 5.74) is 3.75. The number of aryl methyl sites for hydroxylation is 2. The largest absolute Gasteiger partial charge is 0.459 e. The second kappa shape index (κ2) is 9.84. The lowest BCUT2D eigenvalue weighted by molar-refractivity contribution is -0.113. The third-order valence-corrected chi connectivity index (χ3v) is 6.45. The Labute approximate surface area is 194 Å². The van der Waals surface area contributed by atoms with Gasteiger partial charge in [0.25, 0.3) is 5.91 Å². The SMILES string of the molecule is Cc1ccc(-c2nc(NC(=O)CSc3cccc(NC(=O)c4ccco4)c3)sc2C)cc1. The maximum atomic E-state index is 12.5. The van der Waals surface area contributed by atoms with E-state index in [1.807, 2.05) is 56.3 Å². The van der Waals surface area contributed by atoms with Crippen LogP contribution >= 0.6 is 23.1 Å². The van der Waals surface area contributed by atoms with Gasteiger partial charge in [0.15, 0.2) is 10.9 Å². The van der Waals surface area contributed by atoms with Crippen LogP contribution in [0.4, 0.5) is 10.8 Å². The Morgan fingerprint density at radius 2 is 1.84 bits per heavy atom. The molecule has 4 rings (SSSR count).